The van der Waals surface area contributed by atoms with Gasteiger partial charge in [-0.25, -0.2) is 4.79 Å². The van der Waals surface area contributed by atoms with Crippen LogP contribution in [0.2, 0.25) is 5.02 Å². The second-order valence-corrected chi connectivity index (χ2v) is 6.52. The summed E-state index contributed by atoms with van der Waals surface area (Å²) in [7, 11) is 0. The fourth-order valence-corrected chi connectivity index (χ4v) is 2.71. The molecule has 0 heterocycles. The first kappa shape index (κ1) is 20.8. The quantitative estimate of drug-likeness (QED) is 0.682. The molecule has 2 rings (SSSR count). The molecule has 0 bridgehead atoms. The molecule has 27 heavy (non-hydrogen) atoms. The zero-order chi connectivity index (χ0) is 20.0. The minimum atomic E-state index is -0.670. The molecular weight excluding hydrogens is 366 g/mol. The Kier molecular flexibility index (Phi) is 7.25. The number of hydrogen-bond acceptors (Lipinski definition) is 4. The molecular formula is C21H24ClNO4. The third kappa shape index (κ3) is 5.23. The summed E-state index contributed by atoms with van der Waals surface area (Å²) < 4.78 is 10.9. The Morgan fingerprint density at radius 1 is 1.15 bits per heavy atom. The lowest BCUT2D eigenvalue weighted by Crippen LogP contribution is -2.32. The molecule has 0 aromatic heterocycles. The van der Waals surface area contributed by atoms with Crippen LogP contribution in [0.1, 0.15) is 41.8 Å². The van der Waals surface area contributed by atoms with Crippen LogP contribution >= 0.6 is 11.6 Å². The number of esters is 1. The van der Waals surface area contributed by atoms with E-state index in [0.29, 0.717) is 40.6 Å². The number of hydrogen-bond donors (Lipinski definition) is 1. The molecule has 0 saturated heterocycles. The SMILES string of the molecule is CCOC(=O)c1cccc(NC(=O)[C@H](CC)Oc2ccc(Cl)c(C)c2)c1C. The molecule has 1 N–H and O–H groups in total. The minimum Gasteiger partial charge on any atom is -0.481 e. The Labute approximate surface area is 164 Å². The Hall–Kier alpha value is -2.53. The first-order valence-corrected chi connectivity index (χ1v) is 9.25. The highest BCUT2D eigenvalue weighted by Crippen LogP contribution is 2.24. The molecule has 0 spiro atoms. The van der Waals surface area contributed by atoms with Gasteiger partial charge >= 0.3 is 5.97 Å². The molecule has 6 heteroatoms. The second kappa shape index (κ2) is 9.42. The van der Waals surface area contributed by atoms with E-state index in [1.807, 2.05) is 13.8 Å². The molecule has 0 fully saturated rings. The highest BCUT2D eigenvalue weighted by atomic mass is 35.5. The summed E-state index contributed by atoms with van der Waals surface area (Å²) in [6.07, 6.45) is -0.180. The zero-order valence-electron chi connectivity index (χ0n) is 16.0. The predicted octanol–water partition coefficient (Wildman–Crippen LogP) is 4.93. The van der Waals surface area contributed by atoms with E-state index in [-0.39, 0.29) is 5.91 Å². The van der Waals surface area contributed by atoms with Crippen LogP contribution in [0.15, 0.2) is 36.4 Å². The number of halogens is 1. The molecule has 2 aromatic rings. The predicted molar refractivity (Wildman–Crippen MR) is 107 cm³/mol. The summed E-state index contributed by atoms with van der Waals surface area (Å²) in [5, 5.41) is 3.49. The smallest absolute Gasteiger partial charge is 0.338 e. The monoisotopic (exact) mass is 389 g/mol. The lowest BCUT2D eigenvalue weighted by molar-refractivity contribution is -0.122. The number of aryl methyl sites for hydroxylation is 1. The highest BCUT2D eigenvalue weighted by Gasteiger charge is 2.21. The van der Waals surface area contributed by atoms with E-state index in [0.717, 1.165) is 5.56 Å². The number of rotatable bonds is 7. The van der Waals surface area contributed by atoms with Gasteiger partial charge in [0.05, 0.1) is 12.2 Å². The fourth-order valence-electron chi connectivity index (χ4n) is 2.59. The molecule has 2 aromatic carbocycles. The third-order valence-electron chi connectivity index (χ3n) is 4.16. The molecule has 0 radical (unpaired) electrons. The summed E-state index contributed by atoms with van der Waals surface area (Å²) in [4.78, 5) is 24.7. The van der Waals surface area contributed by atoms with Crippen LogP contribution in [-0.4, -0.2) is 24.6 Å². The lowest BCUT2D eigenvalue weighted by Gasteiger charge is -2.19. The number of carbonyl (C=O) groups is 2. The van der Waals surface area contributed by atoms with E-state index in [9.17, 15) is 9.59 Å². The molecule has 0 aliphatic heterocycles. The van der Waals surface area contributed by atoms with Gasteiger partial charge in [-0.15, -0.1) is 0 Å². The molecule has 1 amide bonds. The van der Waals surface area contributed by atoms with Crippen molar-refractivity contribution >= 4 is 29.2 Å². The Morgan fingerprint density at radius 3 is 2.52 bits per heavy atom. The van der Waals surface area contributed by atoms with Gasteiger partial charge < -0.3 is 14.8 Å². The maximum atomic E-state index is 12.7. The molecule has 0 aliphatic rings. The van der Waals surface area contributed by atoms with Crippen LogP contribution in [0.4, 0.5) is 5.69 Å². The highest BCUT2D eigenvalue weighted by molar-refractivity contribution is 6.31. The van der Waals surface area contributed by atoms with Gasteiger partial charge in [-0.05, 0) is 68.7 Å². The summed E-state index contributed by atoms with van der Waals surface area (Å²) >= 11 is 6.03. The maximum absolute atomic E-state index is 12.7. The Balaban J connectivity index is 2.15. The van der Waals surface area contributed by atoms with E-state index in [4.69, 9.17) is 21.1 Å². The number of benzene rings is 2. The van der Waals surface area contributed by atoms with Gasteiger partial charge in [0.15, 0.2) is 6.10 Å². The maximum Gasteiger partial charge on any atom is 0.338 e. The summed E-state index contributed by atoms with van der Waals surface area (Å²) in [6, 6.07) is 10.4. The number of anilines is 1. The molecule has 0 saturated carbocycles. The molecule has 5 nitrogen and oxygen atoms in total. The van der Waals surface area contributed by atoms with E-state index in [2.05, 4.69) is 5.32 Å². The molecule has 1 atom stereocenters. The van der Waals surface area contributed by atoms with Crippen molar-refractivity contribution in [3.8, 4) is 5.75 Å². The zero-order valence-corrected chi connectivity index (χ0v) is 16.7. The van der Waals surface area contributed by atoms with Gasteiger partial charge in [0, 0.05) is 10.7 Å². The van der Waals surface area contributed by atoms with E-state index >= 15 is 0 Å². The Morgan fingerprint density at radius 2 is 1.89 bits per heavy atom. The molecule has 0 aliphatic carbocycles. The van der Waals surface area contributed by atoms with Crippen LogP contribution in [0.3, 0.4) is 0 Å². The van der Waals surface area contributed by atoms with Crippen molar-refractivity contribution in [3.05, 3.63) is 58.1 Å². The number of nitrogens with one attached hydrogen (secondary N) is 1. The van der Waals surface area contributed by atoms with Crippen LogP contribution in [0, 0.1) is 13.8 Å². The molecule has 0 unspecified atom stereocenters. The topological polar surface area (TPSA) is 64.6 Å². The van der Waals surface area contributed by atoms with Crippen molar-refractivity contribution in [3.63, 3.8) is 0 Å². The van der Waals surface area contributed by atoms with Gasteiger partial charge in [0.25, 0.3) is 5.91 Å². The Bertz CT molecular complexity index is 835. The summed E-state index contributed by atoms with van der Waals surface area (Å²) in [5.41, 5.74) is 2.51. The normalized spacial score (nSPS) is 11.6. The van der Waals surface area contributed by atoms with Crippen molar-refractivity contribution in [2.24, 2.45) is 0 Å². The minimum absolute atomic E-state index is 0.283. The summed E-state index contributed by atoms with van der Waals surface area (Å²) in [6.45, 7) is 7.56. The fraction of sp³-hybridized carbons (Fsp3) is 0.333. The first-order valence-electron chi connectivity index (χ1n) is 8.87. The number of ether oxygens (including phenoxy) is 2. The van der Waals surface area contributed by atoms with Gasteiger partial charge in [0.1, 0.15) is 5.75 Å². The van der Waals surface area contributed by atoms with Crippen molar-refractivity contribution in [1.82, 2.24) is 0 Å². The van der Waals surface area contributed by atoms with Crippen molar-refractivity contribution in [1.29, 1.82) is 0 Å². The van der Waals surface area contributed by atoms with Crippen LogP contribution in [0.5, 0.6) is 5.75 Å². The van der Waals surface area contributed by atoms with Crippen molar-refractivity contribution in [2.45, 2.75) is 40.2 Å². The van der Waals surface area contributed by atoms with Crippen LogP contribution < -0.4 is 10.1 Å². The second-order valence-electron chi connectivity index (χ2n) is 6.11. The summed E-state index contributed by atoms with van der Waals surface area (Å²) in [5.74, 6) is -0.115. The van der Waals surface area contributed by atoms with Crippen molar-refractivity contribution < 1.29 is 19.1 Å². The lowest BCUT2D eigenvalue weighted by atomic mass is 10.1. The van der Waals surface area contributed by atoms with Crippen LogP contribution in [-0.2, 0) is 9.53 Å². The average Bonchev–Trinajstić information content (AvgIpc) is 2.64. The van der Waals surface area contributed by atoms with E-state index in [1.54, 1.807) is 50.2 Å². The average molecular weight is 390 g/mol. The van der Waals surface area contributed by atoms with E-state index in [1.165, 1.54) is 0 Å². The van der Waals surface area contributed by atoms with Crippen LogP contribution in [0.25, 0.3) is 0 Å². The van der Waals surface area contributed by atoms with Gasteiger partial charge in [-0.3, -0.25) is 4.79 Å². The van der Waals surface area contributed by atoms with Gasteiger partial charge in [-0.2, -0.15) is 0 Å². The third-order valence-corrected chi connectivity index (χ3v) is 4.58. The number of amides is 1. The van der Waals surface area contributed by atoms with Gasteiger partial charge in [0.2, 0.25) is 0 Å². The first-order chi connectivity index (χ1) is 12.9. The van der Waals surface area contributed by atoms with E-state index < -0.39 is 12.1 Å². The molecule has 144 valence electrons. The van der Waals surface area contributed by atoms with Crippen molar-refractivity contribution in [2.75, 3.05) is 11.9 Å². The van der Waals surface area contributed by atoms with Gasteiger partial charge in [-0.1, -0.05) is 24.6 Å². The largest absolute Gasteiger partial charge is 0.481 e. The standard InChI is InChI=1S/C21H24ClNO4/c1-5-19(27-15-10-11-17(22)13(3)12-15)20(24)23-18-9-7-8-16(14(18)4)21(25)26-6-2/h7-12,19H,5-6H2,1-4H3,(H,23,24)/t19-/m0/s1. The number of carbonyl (C=O) groups excluding carboxylic acids is 2.